The Bertz CT molecular complexity index is 661. The molecule has 0 saturated heterocycles. The van der Waals surface area contributed by atoms with Crippen LogP contribution in [0.4, 0.5) is 5.69 Å². The molecule has 1 unspecified atom stereocenters. The standard InChI is InChI=1S/C19H28Cl4N3O5P/c1-2-30-19(27)15-18(16-3-5-17(6-4-16)26(28)29)31-32(24(11-7-20)12-8-21)25(13-9-22)14-10-23/h3-6,18H,2,7-15H2,1H3. The lowest BCUT2D eigenvalue weighted by atomic mass is 10.1. The number of non-ortho nitro benzene ring substituents is 1. The summed E-state index contributed by atoms with van der Waals surface area (Å²) >= 11 is 24.1. The summed E-state index contributed by atoms with van der Waals surface area (Å²) in [6.45, 7) is 3.98. The summed E-state index contributed by atoms with van der Waals surface area (Å²) in [7, 11) is -1.45. The molecular formula is C19H28Cl4N3O5P. The first-order valence-electron chi connectivity index (χ1n) is 10.0. The first-order chi connectivity index (χ1) is 15.4. The fourth-order valence-corrected chi connectivity index (χ4v) is 6.20. The smallest absolute Gasteiger partial charge is 0.308 e. The number of nitrogens with zero attached hydrogens (tertiary/aromatic N) is 3. The van der Waals surface area contributed by atoms with Crippen LogP contribution in [0.3, 0.4) is 0 Å². The molecule has 8 nitrogen and oxygen atoms in total. The Morgan fingerprint density at radius 2 is 1.47 bits per heavy atom. The predicted molar refractivity (Wildman–Crippen MR) is 131 cm³/mol. The molecule has 0 spiro atoms. The number of nitro groups is 1. The van der Waals surface area contributed by atoms with Crippen LogP contribution in [0, 0.1) is 10.1 Å². The van der Waals surface area contributed by atoms with Gasteiger partial charge in [0.05, 0.1) is 18.0 Å². The number of hydrogen-bond donors (Lipinski definition) is 0. The molecule has 0 amide bonds. The molecule has 1 aromatic rings. The molecule has 0 aliphatic carbocycles. The largest absolute Gasteiger partial charge is 0.466 e. The van der Waals surface area contributed by atoms with Crippen molar-refractivity contribution < 1.29 is 19.0 Å². The van der Waals surface area contributed by atoms with Crippen LogP contribution in [0.15, 0.2) is 24.3 Å². The van der Waals surface area contributed by atoms with Gasteiger partial charge in [0, 0.05) is 61.8 Å². The fraction of sp³-hybridized carbons (Fsp3) is 0.632. The van der Waals surface area contributed by atoms with E-state index < -0.39 is 25.4 Å². The van der Waals surface area contributed by atoms with Gasteiger partial charge in [-0.25, -0.2) is 9.34 Å². The van der Waals surface area contributed by atoms with Crippen LogP contribution in [0.25, 0.3) is 0 Å². The maximum absolute atomic E-state index is 12.3. The minimum absolute atomic E-state index is 0.0530. The zero-order chi connectivity index (χ0) is 23.9. The molecular weight excluding hydrogens is 523 g/mol. The summed E-state index contributed by atoms with van der Waals surface area (Å²) in [6, 6.07) is 5.92. The van der Waals surface area contributed by atoms with E-state index in [-0.39, 0.29) is 18.7 Å². The third kappa shape index (κ3) is 10.2. The van der Waals surface area contributed by atoms with Crippen molar-refractivity contribution >= 4 is 66.5 Å². The number of carbonyl (C=O) groups excluding carboxylic acids is 1. The second kappa shape index (κ2) is 17.1. The van der Waals surface area contributed by atoms with Gasteiger partial charge in [-0.1, -0.05) is 0 Å². The Morgan fingerprint density at radius 3 is 1.84 bits per heavy atom. The van der Waals surface area contributed by atoms with Crippen LogP contribution in [-0.2, 0) is 14.1 Å². The van der Waals surface area contributed by atoms with Gasteiger partial charge < -0.3 is 9.26 Å². The van der Waals surface area contributed by atoms with Crippen LogP contribution >= 0.6 is 54.9 Å². The number of nitro benzene ring substituents is 1. The molecule has 13 heteroatoms. The van der Waals surface area contributed by atoms with E-state index in [9.17, 15) is 14.9 Å². The maximum atomic E-state index is 12.3. The Balaban J connectivity index is 3.32. The number of halogens is 4. The second-order valence-corrected chi connectivity index (χ2v) is 9.73. The number of hydrogen-bond acceptors (Lipinski definition) is 7. The van der Waals surface area contributed by atoms with Crippen molar-refractivity contribution in [2.75, 3.05) is 56.3 Å². The molecule has 0 N–H and O–H groups in total. The summed E-state index contributed by atoms with van der Waals surface area (Å²) in [5.74, 6) is 0.987. The van der Waals surface area contributed by atoms with Crippen molar-refractivity contribution in [3.8, 4) is 0 Å². The molecule has 1 atom stereocenters. The lowest BCUT2D eigenvalue weighted by Crippen LogP contribution is -2.35. The van der Waals surface area contributed by atoms with Gasteiger partial charge >= 0.3 is 5.97 Å². The molecule has 0 radical (unpaired) electrons. The van der Waals surface area contributed by atoms with E-state index >= 15 is 0 Å². The monoisotopic (exact) mass is 549 g/mol. The summed E-state index contributed by atoms with van der Waals surface area (Å²) in [6.07, 6.45) is -0.766. The Morgan fingerprint density at radius 1 is 1.00 bits per heavy atom. The van der Waals surface area contributed by atoms with E-state index in [0.29, 0.717) is 55.3 Å². The average molecular weight is 551 g/mol. The Labute approximate surface area is 210 Å². The van der Waals surface area contributed by atoms with Crippen molar-refractivity contribution in [3.05, 3.63) is 39.9 Å². The molecule has 0 aliphatic heterocycles. The number of esters is 1. The number of ether oxygens (including phenoxy) is 1. The molecule has 1 aromatic carbocycles. The molecule has 1 rings (SSSR count). The Kier molecular flexibility index (Phi) is 15.8. The first-order valence-corrected chi connectivity index (χ1v) is 13.3. The topological polar surface area (TPSA) is 85.2 Å². The van der Waals surface area contributed by atoms with Crippen molar-refractivity contribution in [3.63, 3.8) is 0 Å². The van der Waals surface area contributed by atoms with Gasteiger partial charge in [-0.05, 0) is 24.6 Å². The quantitative estimate of drug-likeness (QED) is 0.0844. The number of alkyl halides is 4. The molecule has 0 bridgehead atoms. The molecule has 0 fully saturated rings. The van der Waals surface area contributed by atoms with Crippen LogP contribution < -0.4 is 0 Å². The highest BCUT2D eigenvalue weighted by atomic mass is 35.5. The summed E-state index contributed by atoms with van der Waals surface area (Å²) in [5.41, 5.74) is 0.562. The summed E-state index contributed by atoms with van der Waals surface area (Å²) in [4.78, 5) is 22.9. The van der Waals surface area contributed by atoms with Gasteiger partial charge in [0.15, 0.2) is 8.45 Å². The van der Waals surface area contributed by atoms with E-state index in [0.717, 1.165) is 0 Å². The predicted octanol–water partition coefficient (Wildman–Crippen LogP) is 5.39. The first kappa shape index (κ1) is 29.6. The van der Waals surface area contributed by atoms with E-state index in [1.165, 1.54) is 12.1 Å². The minimum atomic E-state index is -1.45. The van der Waals surface area contributed by atoms with Crippen molar-refractivity contribution in [1.29, 1.82) is 0 Å². The third-order valence-electron chi connectivity index (χ3n) is 4.21. The van der Waals surface area contributed by atoms with E-state index in [4.69, 9.17) is 55.7 Å². The van der Waals surface area contributed by atoms with Crippen LogP contribution in [0.1, 0.15) is 25.0 Å². The highest BCUT2D eigenvalue weighted by molar-refractivity contribution is 7.47. The third-order valence-corrected chi connectivity index (χ3v) is 7.10. The van der Waals surface area contributed by atoms with Gasteiger partial charge in [-0.3, -0.25) is 14.9 Å². The number of benzene rings is 1. The van der Waals surface area contributed by atoms with Gasteiger partial charge in [-0.15, -0.1) is 46.4 Å². The highest BCUT2D eigenvalue weighted by Crippen LogP contribution is 2.50. The van der Waals surface area contributed by atoms with Crippen molar-refractivity contribution in [2.45, 2.75) is 19.4 Å². The summed E-state index contributed by atoms with van der Waals surface area (Å²) in [5, 5.41) is 11.0. The molecule has 182 valence electrons. The van der Waals surface area contributed by atoms with E-state index in [2.05, 4.69) is 0 Å². The second-order valence-electron chi connectivity index (χ2n) is 6.37. The van der Waals surface area contributed by atoms with E-state index in [1.807, 2.05) is 9.34 Å². The van der Waals surface area contributed by atoms with Gasteiger partial charge in [0.25, 0.3) is 5.69 Å². The maximum Gasteiger partial charge on any atom is 0.308 e. The average Bonchev–Trinajstić information content (AvgIpc) is 2.76. The van der Waals surface area contributed by atoms with Gasteiger partial charge in [-0.2, -0.15) is 0 Å². The zero-order valence-corrected chi connectivity index (χ0v) is 21.7. The zero-order valence-electron chi connectivity index (χ0n) is 17.8. The number of carbonyl (C=O) groups is 1. The fourth-order valence-electron chi connectivity index (χ4n) is 2.78. The van der Waals surface area contributed by atoms with Crippen molar-refractivity contribution in [2.24, 2.45) is 0 Å². The Hall–Kier alpha value is -0.440. The van der Waals surface area contributed by atoms with Crippen LogP contribution in [0.2, 0.25) is 0 Å². The molecule has 0 aromatic heterocycles. The van der Waals surface area contributed by atoms with Crippen LogP contribution in [0.5, 0.6) is 0 Å². The van der Waals surface area contributed by atoms with Crippen LogP contribution in [-0.4, -0.2) is 76.5 Å². The van der Waals surface area contributed by atoms with Gasteiger partial charge in [0.2, 0.25) is 0 Å². The molecule has 0 aliphatic rings. The lowest BCUT2D eigenvalue weighted by molar-refractivity contribution is -0.384. The van der Waals surface area contributed by atoms with E-state index in [1.54, 1.807) is 19.1 Å². The minimum Gasteiger partial charge on any atom is -0.466 e. The highest BCUT2D eigenvalue weighted by Gasteiger charge is 2.31. The lowest BCUT2D eigenvalue weighted by Gasteiger charge is -2.39. The SMILES string of the molecule is CCOC(=O)CC(OP(N(CCCl)CCCl)N(CCCl)CCCl)c1ccc([N+](=O)[O-])cc1. The number of rotatable bonds is 17. The van der Waals surface area contributed by atoms with Crippen molar-refractivity contribution in [1.82, 2.24) is 9.34 Å². The molecule has 0 heterocycles. The molecule has 0 saturated carbocycles. The normalized spacial score (nSPS) is 12.5. The summed E-state index contributed by atoms with van der Waals surface area (Å²) < 4.78 is 15.6. The molecule has 32 heavy (non-hydrogen) atoms. The van der Waals surface area contributed by atoms with Gasteiger partial charge in [0.1, 0.15) is 6.10 Å².